The van der Waals surface area contributed by atoms with Gasteiger partial charge in [0.15, 0.2) is 6.10 Å². The molecule has 1 aliphatic carbocycles. The first-order chi connectivity index (χ1) is 34.1. The molecule has 0 radical (unpaired) electrons. The summed E-state index contributed by atoms with van der Waals surface area (Å²) in [6.07, 6.45) is 34.4. The summed E-state index contributed by atoms with van der Waals surface area (Å²) in [5.74, 6) is -1.30. The van der Waals surface area contributed by atoms with Gasteiger partial charge in [0.1, 0.15) is 43.2 Å². The average molecular weight is 1050 g/mol. The normalized spacial score (nSPS) is 24.3. The highest BCUT2D eigenvalue weighted by Gasteiger charge is 2.54. The average Bonchev–Trinajstić information content (AvgIpc) is 4.09. The van der Waals surface area contributed by atoms with Gasteiger partial charge in [-0.2, -0.15) is 0 Å². The van der Waals surface area contributed by atoms with Gasteiger partial charge in [0.2, 0.25) is 0 Å². The van der Waals surface area contributed by atoms with Crippen LogP contribution in [0.1, 0.15) is 174 Å². The number of aliphatic hydroxyl groups excluding tert-OH is 4. The van der Waals surface area contributed by atoms with Crippen molar-refractivity contribution in [1.82, 2.24) is 0 Å². The number of esters is 2. The van der Waals surface area contributed by atoms with Gasteiger partial charge in [0.25, 0.3) is 0 Å². The fourth-order valence-corrected chi connectivity index (χ4v) is 9.25. The lowest BCUT2D eigenvalue weighted by Gasteiger charge is -2.43. The third kappa shape index (κ3) is 32.3. The smallest absolute Gasteiger partial charge is 0.462 e. The number of epoxide rings is 1. The summed E-state index contributed by atoms with van der Waals surface area (Å²) in [5, 5.41) is 41.3. The summed E-state index contributed by atoms with van der Waals surface area (Å²) >= 11 is 0. The van der Waals surface area contributed by atoms with Gasteiger partial charge in [-0.25, -0.2) is 9.13 Å². The number of phosphoric ester groups is 2. The molecule has 0 aromatic carbocycles. The highest BCUT2D eigenvalue weighted by Crippen LogP contribution is 2.49. The first-order valence-corrected chi connectivity index (χ1v) is 29.1. The van der Waals surface area contributed by atoms with E-state index >= 15 is 0 Å². The number of rotatable bonds is 42. The Morgan fingerprint density at radius 2 is 0.944 bits per heavy atom. The fourth-order valence-electron chi connectivity index (χ4n) is 7.71. The molecule has 10 atom stereocenters. The number of carbonyl (C=O) groups excluding carboxylic acids is 2. The molecule has 1 aliphatic heterocycles. The molecule has 0 amide bonds. The molecule has 17 nitrogen and oxygen atoms in total. The Bertz CT molecular complexity index is 1710. The van der Waals surface area contributed by atoms with E-state index in [1.807, 2.05) is 12.2 Å². The number of phosphoric acid groups is 2. The Kier molecular flexibility index (Phi) is 35.3. The van der Waals surface area contributed by atoms with Crippen molar-refractivity contribution in [2.45, 2.75) is 229 Å². The topological polar surface area (TPSA) is 269 Å². The minimum absolute atomic E-state index is 0.0465. The molecule has 7 N–H and O–H groups in total. The highest BCUT2D eigenvalue weighted by atomic mass is 31.2. The van der Waals surface area contributed by atoms with Crippen LogP contribution in [0.4, 0.5) is 0 Å². The van der Waals surface area contributed by atoms with Crippen LogP contribution in [0, 0.1) is 0 Å². The van der Waals surface area contributed by atoms with Crippen LogP contribution in [0.3, 0.4) is 0 Å². The van der Waals surface area contributed by atoms with Crippen molar-refractivity contribution in [2.75, 3.05) is 13.2 Å². The standard InChI is InChI=1S/C52H88O17P2/c1-3-5-7-9-11-13-14-15-16-17-18-19-20-21-22-23-25-27-29-34-38-45(53)64-40-42(41-65-71(62,63)69-52-49(57)47(55)48(56)51(50(52)58)68-70(59,60)61)66-46(54)39-35-31-30-33-37-44-43(67-44)36-32-28-26-24-12-10-8-6-4-2/h12-14,16-17,19-20,24,28,30,32-33,42-44,47-52,55-58H,3-11,15,18,21-23,25-27,29,31,34-41H2,1-2H3,(H,62,63)(H2,59,60,61)/b14-13-,17-16-,20-19-,24-12-,32-28-,33-30-/t42-,43?,44?,47?,48?,49?,50?,51-,52+/m1/s1. The predicted molar refractivity (Wildman–Crippen MR) is 273 cm³/mol. The largest absolute Gasteiger partial charge is 0.472 e. The lowest BCUT2D eigenvalue weighted by atomic mass is 9.85. The molecule has 408 valence electrons. The minimum atomic E-state index is -5.38. The third-order valence-corrected chi connectivity index (χ3v) is 13.4. The van der Waals surface area contributed by atoms with E-state index in [0.29, 0.717) is 19.3 Å². The molecule has 2 fully saturated rings. The van der Waals surface area contributed by atoms with Crippen molar-refractivity contribution >= 4 is 27.6 Å². The first kappa shape index (κ1) is 64.5. The van der Waals surface area contributed by atoms with Crippen LogP contribution in [0.15, 0.2) is 72.9 Å². The van der Waals surface area contributed by atoms with Crippen LogP contribution in [0.5, 0.6) is 0 Å². The number of carbonyl (C=O) groups is 2. The molecule has 1 heterocycles. The van der Waals surface area contributed by atoms with Gasteiger partial charge in [0.05, 0.1) is 18.8 Å². The van der Waals surface area contributed by atoms with E-state index in [4.69, 9.17) is 23.3 Å². The third-order valence-electron chi connectivity index (χ3n) is 11.9. The van der Waals surface area contributed by atoms with Crippen molar-refractivity contribution in [3.63, 3.8) is 0 Å². The Morgan fingerprint density at radius 3 is 1.52 bits per heavy atom. The van der Waals surface area contributed by atoms with Crippen LogP contribution in [0.2, 0.25) is 0 Å². The molecule has 71 heavy (non-hydrogen) atoms. The van der Waals surface area contributed by atoms with Gasteiger partial charge >= 0.3 is 27.6 Å². The molecule has 0 spiro atoms. The second kappa shape index (κ2) is 38.9. The molecule has 1 saturated carbocycles. The summed E-state index contributed by atoms with van der Waals surface area (Å²) in [5.41, 5.74) is 0. The minimum Gasteiger partial charge on any atom is -0.462 e. The molecule has 2 aliphatic rings. The SMILES string of the molecule is CCCCC/C=C\C/C=C\CC1OC1C/C=C\CCCC(=O)O[C@H](COC(=O)CCCCCCCC/C=C\C/C=C\C/C=C\CCCCCC)COP(=O)(O)O[C@H]1C(O)C(O)C(O)[C@@H](OP(=O)(O)O)C1O. The Labute approximate surface area is 423 Å². The summed E-state index contributed by atoms with van der Waals surface area (Å²) in [4.78, 5) is 54.5. The van der Waals surface area contributed by atoms with Gasteiger partial charge in [-0.05, 0) is 89.9 Å². The van der Waals surface area contributed by atoms with E-state index in [1.165, 1.54) is 44.9 Å². The summed E-state index contributed by atoms with van der Waals surface area (Å²) in [6, 6.07) is 0. The van der Waals surface area contributed by atoms with Gasteiger partial charge in [0, 0.05) is 12.8 Å². The van der Waals surface area contributed by atoms with E-state index in [2.05, 4.69) is 79.1 Å². The first-order valence-electron chi connectivity index (χ1n) is 26.1. The number of hydrogen-bond acceptors (Lipinski definition) is 14. The zero-order chi connectivity index (χ0) is 52.2. The zero-order valence-corrected chi connectivity index (χ0v) is 44.1. The predicted octanol–water partition coefficient (Wildman–Crippen LogP) is 9.78. The molecule has 1 saturated heterocycles. The number of ether oxygens (including phenoxy) is 3. The number of hydrogen-bond donors (Lipinski definition) is 7. The van der Waals surface area contributed by atoms with Crippen molar-refractivity contribution in [3.05, 3.63) is 72.9 Å². The van der Waals surface area contributed by atoms with E-state index in [0.717, 1.165) is 83.5 Å². The van der Waals surface area contributed by atoms with Crippen molar-refractivity contribution < 1.29 is 81.6 Å². The molecule has 19 heteroatoms. The second-order valence-corrected chi connectivity index (χ2v) is 20.9. The maximum Gasteiger partial charge on any atom is 0.472 e. The van der Waals surface area contributed by atoms with Crippen LogP contribution >= 0.6 is 15.6 Å². The second-order valence-electron chi connectivity index (χ2n) is 18.3. The zero-order valence-electron chi connectivity index (χ0n) is 42.3. The number of aliphatic hydroxyl groups is 4. The lowest BCUT2D eigenvalue weighted by Crippen LogP contribution is -2.64. The Balaban J connectivity index is 1.79. The monoisotopic (exact) mass is 1050 g/mol. The van der Waals surface area contributed by atoms with Gasteiger partial charge < -0.3 is 49.3 Å². The summed E-state index contributed by atoms with van der Waals surface area (Å²) < 4.78 is 55.2. The van der Waals surface area contributed by atoms with Crippen LogP contribution < -0.4 is 0 Å². The van der Waals surface area contributed by atoms with Crippen molar-refractivity contribution in [3.8, 4) is 0 Å². The van der Waals surface area contributed by atoms with E-state index < -0.39 is 83.5 Å². The highest BCUT2D eigenvalue weighted by molar-refractivity contribution is 7.47. The quantitative estimate of drug-likeness (QED) is 0.00985. The molecule has 2 rings (SSSR count). The molecular weight excluding hydrogens is 959 g/mol. The van der Waals surface area contributed by atoms with E-state index in [-0.39, 0.29) is 25.0 Å². The van der Waals surface area contributed by atoms with Crippen molar-refractivity contribution in [1.29, 1.82) is 0 Å². The Morgan fingerprint density at radius 1 is 0.507 bits per heavy atom. The maximum absolute atomic E-state index is 13.0. The summed E-state index contributed by atoms with van der Waals surface area (Å²) in [7, 11) is -10.7. The number of allylic oxidation sites excluding steroid dienone is 10. The number of unbranched alkanes of at least 4 members (excludes halogenated alkanes) is 14. The molecule has 0 aromatic rings. The van der Waals surface area contributed by atoms with Crippen LogP contribution in [0.25, 0.3) is 0 Å². The lowest BCUT2D eigenvalue weighted by molar-refractivity contribution is -0.216. The van der Waals surface area contributed by atoms with Gasteiger partial charge in [-0.3, -0.25) is 23.2 Å². The fraction of sp³-hybridized carbons (Fsp3) is 0.731. The van der Waals surface area contributed by atoms with E-state index in [9.17, 15) is 53.8 Å². The maximum atomic E-state index is 13.0. The van der Waals surface area contributed by atoms with Gasteiger partial charge in [-0.15, -0.1) is 0 Å². The van der Waals surface area contributed by atoms with Crippen molar-refractivity contribution in [2.24, 2.45) is 0 Å². The molecule has 7 unspecified atom stereocenters. The molecular formula is C52H88O17P2. The van der Waals surface area contributed by atoms with Gasteiger partial charge in [-0.1, -0.05) is 145 Å². The van der Waals surface area contributed by atoms with Crippen LogP contribution in [-0.2, 0) is 46.5 Å². The van der Waals surface area contributed by atoms with E-state index in [1.54, 1.807) is 0 Å². The summed E-state index contributed by atoms with van der Waals surface area (Å²) in [6.45, 7) is 3.01. The molecule has 0 bridgehead atoms. The molecule has 0 aromatic heterocycles. The van der Waals surface area contributed by atoms with Crippen LogP contribution in [-0.4, -0.2) is 115 Å². The Hall–Kier alpha value is -2.60.